The maximum Gasteiger partial charge on any atom is 0.217 e. The Balaban J connectivity index is 0. The van der Waals surface area contributed by atoms with E-state index in [4.69, 9.17) is 10.8 Å². The van der Waals surface area contributed by atoms with Gasteiger partial charge in [-0.15, -0.1) is 0 Å². The van der Waals surface area contributed by atoms with Crippen LogP contribution >= 0.6 is 0 Å². The van der Waals surface area contributed by atoms with Gasteiger partial charge in [0.05, 0.1) is 0 Å². The van der Waals surface area contributed by atoms with Crippen LogP contribution in [0.1, 0.15) is 84.5 Å². The minimum Gasteiger partial charge on any atom is -0.396 e. The first kappa shape index (κ1) is 19.8. The van der Waals surface area contributed by atoms with E-state index in [-0.39, 0.29) is 5.91 Å². The van der Waals surface area contributed by atoms with Gasteiger partial charge >= 0.3 is 0 Å². The molecule has 0 aromatic carbocycles. The quantitative estimate of drug-likeness (QED) is 0.555. The normalized spacial score (nSPS) is 9.72. The van der Waals surface area contributed by atoms with Crippen molar-refractivity contribution in [1.82, 2.24) is 0 Å². The summed E-state index contributed by atoms with van der Waals surface area (Å²) in [7, 11) is 0. The predicted octanol–water partition coefficient (Wildman–Crippen LogP) is 3.78. The molecule has 0 aliphatic carbocycles. The van der Waals surface area contributed by atoms with Crippen LogP contribution in [0.25, 0.3) is 0 Å². The molecule has 18 heavy (non-hydrogen) atoms. The first-order valence-corrected chi connectivity index (χ1v) is 7.58. The Morgan fingerprint density at radius 1 is 0.833 bits per heavy atom. The second-order valence-corrected chi connectivity index (χ2v) is 4.77. The molecule has 0 aliphatic heterocycles. The number of hydrogen-bond donors (Lipinski definition) is 2. The van der Waals surface area contributed by atoms with Gasteiger partial charge in [0.1, 0.15) is 0 Å². The molecule has 0 heterocycles. The molecule has 0 saturated carbocycles. The number of carbonyl (C=O) groups is 1. The lowest BCUT2D eigenvalue weighted by Gasteiger charge is -2.00. The summed E-state index contributed by atoms with van der Waals surface area (Å²) in [6.07, 6.45) is 13.0. The molecule has 0 aliphatic rings. The van der Waals surface area contributed by atoms with Crippen molar-refractivity contribution >= 4 is 5.91 Å². The van der Waals surface area contributed by atoms with Gasteiger partial charge in [-0.1, -0.05) is 65.2 Å². The minimum absolute atomic E-state index is 0.159. The van der Waals surface area contributed by atoms with Crippen LogP contribution in [0.4, 0.5) is 0 Å². The molecule has 0 aromatic rings. The van der Waals surface area contributed by atoms with Crippen LogP contribution in [0.15, 0.2) is 0 Å². The summed E-state index contributed by atoms with van der Waals surface area (Å²) in [5.41, 5.74) is 5.05. The highest BCUT2D eigenvalue weighted by molar-refractivity contribution is 5.73. The predicted molar refractivity (Wildman–Crippen MR) is 78.4 cm³/mol. The van der Waals surface area contributed by atoms with Crippen LogP contribution < -0.4 is 5.73 Å². The smallest absolute Gasteiger partial charge is 0.217 e. The van der Waals surface area contributed by atoms with E-state index in [1.165, 1.54) is 44.9 Å². The molecule has 1 amide bonds. The fourth-order valence-corrected chi connectivity index (χ4v) is 1.61. The lowest BCUT2D eigenvalue weighted by molar-refractivity contribution is -0.118. The van der Waals surface area contributed by atoms with Crippen molar-refractivity contribution in [3.63, 3.8) is 0 Å². The van der Waals surface area contributed by atoms with E-state index in [2.05, 4.69) is 6.92 Å². The zero-order valence-corrected chi connectivity index (χ0v) is 12.4. The third kappa shape index (κ3) is 24.6. The summed E-state index contributed by atoms with van der Waals surface area (Å²) >= 11 is 0. The van der Waals surface area contributed by atoms with Crippen LogP contribution in [0.3, 0.4) is 0 Å². The maximum atomic E-state index is 10.4. The Kier molecular flexibility index (Phi) is 20.6. The van der Waals surface area contributed by atoms with Crippen molar-refractivity contribution in [3.8, 4) is 0 Å². The molecule has 0 spiro atoms. The molecule has 0 bridgehead atoms. The van der Waals surface area contributed by atoms with Crippen molar-refractivity contribution < 1.29 is 9.90 Å². The van der Waals surface area contributed by atoms with Gasteiger partial charge in [-0.05, 0) is 12.8 Å². The number of primary amides is 1. The monoisotopic (exact) mass is 259 g/mol. The van der Waals surface area contributed by atoms with Gasteiger partial charge in [-0.25, -0.2) is 0 Å². The number of nitrogens with two attached hydrogens (primary N) is 1. The molecular formula is C15H33NO2. The lowest BCUT2D eigenvalue weighted by Crippen LogP contribution is -2.09. The first-order chi connectivity index (χ1) is 8.68. The number of unbranched alkanes of at least 4 members (excludes halogenated alkanes) is 8. The Hall–Kier alpha value is -0.570. The number of hydrogen-bond acceptors (Lipinski definition) is 2. The van der Waals surface area contributed by atoms with Gasteiger partial charge in [-0.3, -0.25) is 4.79 Å². The van der Waals surface area contributed by atoms with Crippen LogP contribution in [0.2, 0.25) is 0 Å². The van der Waals surface area contributed by atoms with Crippen LogP contribution in [0.5, 0.6) is 0 Å². The van der Waals surface area contributed by atoms with E-state index in [0.29, 0.717) is 13.0 Å². The summed E-state index contributed by atoms with van der Waals surface area (Å²) in [6, 6.07) is 0. The standard InChI is InChI=1S/C12H25NO.C3H8O/c1-2-3-4-5-6-7-8-9-10-11-12(13)14;1-2-3-4/h2-11H2,1H3,(H2,13,14);4H,2-3H2,1H3. The molecule has 3 N–H and O–H groups in total. The van der Waals surface area contributed by atoms with E-state index >= 15 is 0 Å². The molecule has 0 atom stereocenters. The summed E-state index contributed by atoms with van der Waals surface area (Å²) in [5, 5.41) is 7.88. The zero-order valence-electron chi connectivity index (χ0n) is 12.4. The van der Waals surface area contributed by atoms with E-state index < -0.39 is 0 Å². The van der Waals surface area contributed by atoms with E-state index in [1.54, 1.807) is 0 Å². The molecule has 3 heteroatoms. The molecule has 0 aromatic heterocycles. The number of rotatable bonds is 11. The molecule has 110 valence electrons. The number of aliphatic hydroxyl groups excluding tert-OH is 1. The molecule has 0 rings (SSSR count). The van der Waals surface area contributed by atoms with Gasteiger partial charge in [0.2, 0.25) is 5.91 Å². The van der Waals surface area contributed by atoms with Gasteiger partial charge in [-0.2, -0.15) is 0 Å². The van der Waals surface area contributed by atoms with E-state index in [1.807, 2.05) is 6.92 Å². The van der Waals surface area contributed by atoms with Crippen molar-refractivity contribution in [2.75, 3.05) is 6.61 Å². The van der Waals surface area contributed by atoms with Crippen molar-refractivity contribution in [3.05, 3.63) is 0 Å². The van der Waals surface area contributed by atoms with E-state index in [9.17, 15) is 4.79 Å². The third-order valence-electron chi connectivity index (χ3n) is 2.75. The SMILES string of the molecule is CCCCCCCCCCCC(N)=O.CCCO. The second kappa shape index (κ2) is 18.8. The molecular weight excluding hydrogens is 226 g/mol. The minimum atomic E-state index is -0.159. The van der Waals surface area contributed by atoms with Crippen LogP contribution in [-0.2, 0) is 4.79 Å². The van der Waals surface area contributed by atoms with Crippen molar-refractivity contribution in [2.45, 2.75) is 84.5 Å². The number of carbonyl (C=O) groups excluding carboxylic acids is 1. The fraction of sp³-hybridized carbons (Fsp3) is 0.933. The summed E-state index contributed by atoms with van der Waals surface area (Å²) in [5.74, 6) is -0.159. The van der Waals surface area contributed by atoms with Crippen LogP contribution in [-0.4, -0.2) is 17.6 Å². The Morgan fingerprint density at radius 3 is 1.56 bits per heavy atom. The Labute approximate surface area is 113 Å². The molecule has 0 radical (unpaired) electrons. The first-order valence-electron chi connectivity index (χ1n) is 7.58. The Morgan fingerprint density at radius 2 is 1.22 bits per heavy atom. The summed E-state index contributed by atoms with van der Waals surface area (Å²) < 4.78 is 0. The van der Waals surface area contributed by atoms with Crippen LogP contribution in [0, 0.1) is 0 Å². The highest BCUT2D eigenvalue weighted by Crippen LogP contribution is 2.10. The number of amides is 1. The maximum absolute atomic E-state index is 10.4. The van der Waals surface area contributed by atoms with Gasteiger partial charge in [0, 0.05) is 13.0 Å². The average Bonchev–Trinajstić information content (AvgIpc) is 2.37. The topological polar surface area (TPSA) is 63.3 Å². The molecule has 0 saturated heterocycles. The second-order valence-electron chi connectivity index (χ2n) is 4.77. The highest BCUT2D eigenvalue weighted by Gasteiger charge is 1.94. The molecule has 0 fully saturated rings. The highest BCUT2D eigenvalue weighted by atomic mass is 16.2. The Bertz CT molecular complexity index is 159. The lowest BCUT2D eigenvalue weighted by atomic mass is 10.1. The van der Waals surface area contributed by atoms with Crippen molar-refractivity contribution in [1.29, 1.82) is 0 Å². The molecule has 0 unspecified atom stereocenters. The van der Waals surface area contributed by atoms with E-state index in [0.717, 1.165) is 19.3 Å². The van der Waals surface area contributed by atoms with Gasteiger partial charge < -0.3 is 10.8 Å². The third-order valence-corrected chi connectivity index (χ3v) is 2.75. The zero-order chi connectivity index (χ0) is 14.1. The molecule has 3 nitrogen and oxygen atoms in total. The van der Waals surface area contributed by atoms with Gasteiger partial charge in [0.15, 0.2) is 0 Å². The van der Waals surface area contributed by atoms with Gasteiger partial charge in [0.25, 0.3) is 0 Å². The largest absolute Gasteiger partial charge is 0.396 e. The summed E-state index contributed by atoms with van der Waals surface area (Å²) in [6.45, 7) is 4.49. The summed E-state index contributed by atoms with van der Waals surface area (Å²) in [4.78, 5) is 10.4. The average molecular weight is 259 g/mol. The van der Waals surface area contributed by atoms with Crippen molar-refractivity contribution in [2.24, 2.45) is 5.73 Å². The number of aliphatic hydroxyl groups is 1. The fourth-order valence-electron chi connectivity index (χ4n) is 1.61.